The first kappa shape index (κ1) is 16.7. The van der Waals surface area contributed by atoms with Crippen molar-refractivity contribution in [3.8, 4) is 5.75 Å². The summed E-state index contributed by atoms with van der Waals surface area (Å²) in [6.45, 7) is 0.990. The van der Waals surface area contributed by atoms with Crippen molar-refractivity contribution in [2.24, 2.45) is 0 Å². The smallest absolute Gasteiger partial charge is 0.341 e. The number of aromatic nitrogens is 4. The molecule has 22 heavy (non-hydrogen) atoms. The van der Waals surface area contributed by atoms with Gasteiger partial charge >= 0.3 is 17.3 Å². The normalized spacial score (nSPS) is 9.50. The quantitative estimate of drug-likeness (QED) is 0.430. The summed E-state index contributed by atoms with van der Waals surface area (Å²) in [6.07, 6.45) is 2.38. The second kappa shape index (κ2) is 7.42. The molecule has 2 aromatic heterocycles. The Morgan fingerprint density at radius 3 is 2.05 bits per heavy atom. The number of carboxylic acid groups (broad SMARTS) is 1. The highest BCUT2D eigenvalue weighted by Crippen LogP contribution is 1.94. The van der Waals surface area contributed by atoms with E-state index < -0.39 is 29.5 Å². The van der Waals surface area contributed by atoms with E-state index in [2.05, 4.69) is 19.7 Å². The Bertz CT molecular complexity index is 873. The van der Waals surface area contributed by atoms with Crippen LogP contribution in [-0.4, -0.2) is 37.6 Å². The molecule has 0 atom stereocenters. The van der Waals surface area contributed by atoms with Gasteiger partial charge in [-0.2, -0.15) is 0 Å². The lowest BCUT2D eigenvalue weighted by atomic mass is 10.4. The summed E-state index contributed by atoms with van der Waals surface area (Å²) in [5.74, 6) is -1.44. The second-order valence-electron chi connectivity index (χ2n) is 3.87. The number of rotatable bonds is 3. The molecule has 2 aromatic rings. The molecule has 0 spiro atoms. The summed E-state index contributed by atoms with van der Waals surface area (Å²) >= 11 is 0. The van der Waals surface area contributed by atoms with E-state index in [4.69, 9.17) is 5.11 Å². The molecule has 11 nitrogen and oxygen atoms in total. The van der Waals surface area contributed by atoms with Gasteiger partial charge in [0.05, 0.1) is 6.20 Å². The first-order valence-corrected chi connectivity index (χ1v) is 5.75. The Kier molecular flexibility index (Phi) is 5.63. The summed E-state index contributed by atoms with van der Waals surface area (Å²) in [4.78, 5) is 60.7. The van der Waals surface area contributed by atoms with Crippen LogP contribution in [0.1, 0.15) is 5.56 Å². The van der Waals surface area contributed by atoms with Gasteiger partial charge < -0.3 is 19.8 Å². The van der Waals surface area contributed by atoms with Crippen LogP contribution in [0.2, 0.25) is 0 Å². The Balaban J connectivity index is 0.000000235. The Labute approximate surface area is 120 Å². The molecule has 0 saturated heterocycles. The fourth-order valence-electron chi connectivity index (χ4n) is 1.12. The van der Waals surface area contributed by atoms with Crippen LogP contribution < -0.4 is 27.2 Å². The van der Waals surface area contributed by atoms with Gasteiger partial charge in [0.25, 0.3) is 11.1 Å². The molecule has 0 saturated carbocycles. The zero-order valence-electron chi connectivity index (χ0n) is 11.3. The molecular formula is C11H12N4O7. The van der Waals surface area contributed by atoms with Crippen LogP contribution in [0.25, 0.3) is 0 Å². The number of ether oxygens (including phenoxy) is 1. The molecule has 11 heteroatoms. The van der Waals surface area contributed by atoms with Crippen molar-refractivity contribution < 1.29 is 14.6 Å². The lowest BCUT2D eigenvalue weighted by Crippen LogP contribution is -2.24. The lowest BCUT2D eigenvalue weighted by Gasteiger charge is -1.99. The minimum absolute atomic E-state index is 0.234. The highest BCUT2D eigenvalue weighted by atomic mass is 16.5. The van der Waals surface area contributed by atoms with Crippen LogP contribution in [0, 0.1) is 6.92 Å². The number of H-pyrrole nitrogens is 4. The van der Waals surface area contributed by atoms with E-state index in [1.807, 2.05) is 4.98 Å². The van der Waals surface area contributed by atoms with Crippen molar-refractivity contribution >= 4 is 5.97 Å². The van der Waals surface area contributed by atoms with Crippen LogP contribution in [-0.2, 0) is 4.79 Å². The maximum atomic E-state index is 10.9. The number of nitrogens with one attached hydrogen (secondary N) is 4. The highest BCUT2D eigenvalue weighted by Gasteiger charge is 2.03. The zero-order chi connectivity index (χ0) is 16.7. The van der Waals surface area contributed by atoms with Crippen molar-refractivity contribution in [2.45, 2.75) is 6.92 Å². The van der Waals surface area contributed by atoms with E-state index in [0.717, 1.165) is 6.20 Å². The van der Waals surface area contributed by atoms with Gasteiger partial charge in [0, 0.05) is 11.8 Å². The van der Waals surface area contributed by atoms with Gasteiger partial charge in [-0.3, -0.25) is 19.6 Å². The van der Waals surface area contributed by atoms with Crippen molar-refractivity contribution in [2.75, 3.05) is 6.61 Å². The van der Waals surface area contributed by atoms with Gasteiger partial charge in [0.15, 0.2) is 6.61 Å². The van der Waals surface area contributed by atoms with Gasteiger partial charge in [-0.1, -0.05) is 0 Å². The van der Waals surface area contributed by atoms with E-state index in [0.29, 0.717) is 5.56 Å². The van der Waals surface area contributed by atoms with E-state index in [9.17, 15) is 24.0 Å². The summed E-state index contributed by atoms with van der Waals surface area (Å²) in [5, 5.41) is 8.21. The molecule has 0 aliphatic carbocycles. The molecule has 2 heterocycles. The number of hydrogen-bond donors (Lipinski definition) is 5. The van der Waals surface area contributed by atoms with Crippen LogP contribution >= 0.6 is 0 Å². The molecule has 5 N–H and O–H groups in total. The maximum absolute atomic E-state index is 10.9. The van der Waals surface area contributed by atoms with E-state index in [-0.39, 0.29) is 11.3 Å². The van der Waals surface area contributed by atoms with E-state index in [1.54, 1.807) is 6.92 Å². The summed E-state index contributed by atoms with van der Waals surface area (Å²) < 4.78 is 4.54. The first-order valence-electron chi connectivity index (χ1n) is 5.75. The number of aromatic amines is 4. The molecule has 0 radical (unpaired) electrons. The van der Waals surface area contributed by atoms with Crippen LogP contribution in [0.5, 0.6) is 5.75 Å². The van der Waals surface area contributed by atoms with Gasteiger partial charge in [0.1, 0.15) is 0 Å². The van der Waals surface area contributed by atoms with Crippen molar-refractivity contribution in [3.63, 3.8) is 0 Å². The van der Waals surface area contributed by atoms with Crippen LogP contribution in [0.4, 0.5) is 0 Å². The molecule has 0 aliphatic heterocycles. The van der Waals surface area contributed by atoms with E-state index in [1.165, 1.54) is 6.20 Å². The van der Waals surface area contributed by atoms with Crippen molar-refractivity contribution in [1.82, 2.24) is 19.9 Å². The molecule has 0 bridgehead atoms. The van der Waals surface area contributed by atoms with Gasteiger partial charge in [-0.15, -0.1) is 0 Å². The summed E-state index contributed by atoms with van der Waals surface area (Å²) in [7, 11) is 0. The van der Waals surface area contributed by atoms with Crippen LogP contribution in [0.3, 0.4) is 0 Å². The molecule has 0 amide bonds. The average Bonchev–Trinajstić information content (AvgIpc) is 2.43. The topological polar surface area (TPSA) is 178 Å². The lowest BCUT2D eigenvalue weighted by molar-refractivity contribution is -0.139. The monoisotopic (exact) mass is 312 g/mol. The summed E-state index contributed by atoms with van der Waals surface area (Å²) in [6, 6.07) is 0. The number of aliphatic carboxylic acids is 1. The fraction of sp³-hybridized carbons (Fsp3) is 0.182. The number of carboxylic acids is 1. The molecule has 0 aromatic carbocycles. The number of aryl methyl sites for hydroxylation is 1. The third kappa shape index (κ3) is 5.32. The third-order valence-corrected chi connectivity index (χ3v) is 2.14. The third-order valence-electron chi connectivity index (χ3n) is 2.14. The second-order valence-corrected chi connectivity index (χ2v) is 3.87. The predicted molar refractivity (Wildman–Crippen MR) is 73.2 cm³/mol. The minimum atomic E-state index is -1.20. The highest BCUT2D eigenvalue weighted by molar-refractivity contribution is 5.68. The van der Waals surface area contributed by atoms with Gasteiger partial charge in [-0.25, -0.2) is 14.4 Å². The standard InChI is InChI=1S/C6H6N2O5.C5H6N2O2/c9-4(10)2-13-3-1-7-6(12)8-5(3)11;1-3-2-6-5(9)7-4(3)8/h1H,2H2,(H,9,10)(H2,7,8,11,12);2H,1H3,(H2,6,7,8,9). The van der Waals surface area contributed by atoms with Crippen molar-refractivity contribution in [1.29, 1.82) is 0 Å². The van der Waals surface area contributed by atoms with E-state index >= 15 is 0 Å². The Morgan fingerprint density at radius 2 is 1.59 bits per heavy atom. The molecule has 0 unspecified atom stereocenters. The SMILES string of the molecule is Cc1c[nH]c(=O)[nH]c1=O.O=C(O)COc1c[nH]c(=O)[nH]c1=O. The maximum Gasteiger partial charge on any atom is 0.341 e. The van der Waals surface area contributed by atoms with Gasteiger partial charge in [-0.05, 0) is 6.92 Å². The molecule has 0 aliphatic rings. The Morgan fingerprint density at radius 1 is 1.05 bits per heavy atom. The number of carbonyl (C=O) groups is 1. The number of hydrogen-bond acceptors (Lipinski definition) is 6. The van der Waals surface area contributed by atoms with Crippen molar-refractivity contribution in [3.05, 3.63) is 59.6 Å². The average molecular weight is 312 g/mol. The molecule has 0 fully saturated rings. The Hall–Kier alpha value is -3.37. The predicted octanol–water partition coefficient (Wildman–Crippen LogP) is -2.10. The first-order chi connectivity index (χ1) is 10.3. The van der Waals surface area contributed by atoms with Gasteiger partial charge in [0.2, 0.25) is 5.75 Å². The molecule has 2 rings (SSSR count). The molecular weight excluding hydrogens is 300 g/mol. The minimum Gasteiger partial charge on any atom is -0.479 e. The van der Waals surface area contributed by atoms with Crippen LogP contribution in [0.15, 0.2) is 31.6 Å². The fourth-order valence-corrected chi connectivity index (χ4v) is 1.12. The molecule has 118 valence electrons. The zero-order valence-corrected chi connectivity index (χ0v) is 11.3. The summed E-state index contributed by atoms with van der Waals surface area (Å²) in [5.41, 5.74) is -1.73. The largest absolute Gasteiger partial charge is 0.479 e.